The van der Waals surface area contributed by atoms with Gasteiger partial charge in [-0.25, -0.2) is 14.4 Å². The first-order valence-corrected chi connectivity index (χ1v) is 10.8. The minimum atomic E-state index is -0.774. The number of anilines is 3. The van der Waals surface area contributed by atoms with Crippen molar-refractivity contribution in [2.75, 3.05) is 17.2 Å². The molecule has 1 saturated carbocycles. The second kappa shape index (κ2) is 9.35. The van der Waals surface area contributed by atoms with E-state index in [-0.39, 0.29) is 29.3 Å². The number of nitrogens with two attached hydrogens (primary N) is 2. The van der Waals surface area contributed by atoms with Crippen LogP contribution in [0.2, 0.25) is 0 Å². The van der Waals surface area contributed by atoms with Crippen molar-refractivity contribution in [1.82, 2.24) is 9.97 Å². The lowest BCUT2D eigenvalue weighted by atomic mass is 9.91. The molecule has 2 heterocycles. The van der Waals surface area contributed by atoms with E-state index in [1.165, 1.54) is 0 Å². The molecular weight excluding hydrogens is 411 g/mol. The third-order valence-corrected chi connectivity index (χ3v) is 5.60. The number of carbonyl (C=O) groups is 1. The minimum Gasteiger partial charge on any atom is -0.478 e. The fourth-order valence-corrected chi connectivity index (χ4v) is 3.94. The largest absolute Gasteiger partial charge is 0.478 e. The van der Waals surface area contributed by atoms with Crippen LogP contribution in [0.1, 0.15) is 43.0 Å². The molecular formula is C23H27FN6O2. The standard InChI is InChI=1S/C23H27FN6O2/c1-2-32-20-10-7-13-11-14(8-9-18(13)28-20)27-22-15(21(26)31)12-16(24)23(30-22)29-19-6-4-3-5-17(19)25/h7-12,17,19H,2-6,25H2,1H3,(H2,26,31)(H2,27,29,30)/t17-,19?/m0/s1. The molecule has 1 aliphatic carbocycles. The van der Waals surface area contributed by atoms with Crippen LogP contribution in [-0.2, 0) is 0 Å². The van der Waals surface area contributed by atoms with Crippen LogP contribution >= 0.6 is 0 Å². The Kier molecular flexibility index (Phi) is 6.36. The smallest absolute Gasteiger partial charge is 0.252 e. The summed E-state index contributed by atoms with van der Waals surface area (Å²) in [6, 6.07) is 10.1. The number of nitrogens with zero attached hydrogens (tertiary/aromatic N) is 2. The molecule has 1 fully saturated rings. The Morgan fingerprint density at radius 2 is 1.97 bits per heavy atom. The van der Waals surface area contributed by atoms with Crippen molar-refractivity contribution >= 4 is 34.1 Å². The summed E-state index contributed by atoms with van der Waals surface area (Å²) in [7, 11) is 0. The van der Waals surface area contributed by atoms with Gasteiger partial charge in [-0.05, 0) is 50.1 Å². The molecule has 1 amide bonds. The number of fused-ring (bicyclic) bond motifs is 1. The van der Waals surface area contributed by atoms with Gasteiger partial charge >= 0.3 is 0 Å². The second-order valence-corrected chi connectivity index (χ2v) is 7.89. The van der Waals surface area contributed by atoms with Gasteiger partial charge < -0.3 is 26.8 Å². The predicted molar refractivity (Wildman–Crippen MR) is 123 cm³/mol. The van der Waals surface area contributed by atoms with E-state index < -0.39 is 11.7 Å². The van der Waals surface area contributed by atoms with Crippen molar-refractivity contribution in [2.24, 2.45) is 11.5 Å². The van der Waals surface area contributed by atoms with Crippen molar-refractivity contribution in [3.8, 4) is 5.88 Å². The van der Waals surface area contributed by atoms with Crippen molar-refractivity contribution in [3.63, 3.8) is 0 Å². The highest BCUT2D eigenvalue weighted by atomic mass is 19.1. The number of ether oxygens (including phenoxy) is 1. The van der Waals surface area contributed by atoms with Crippen LogP contribution in [0.5, 0.6) is 5.88 Å². The summed E-state index contributed by atoms with van der Waals surface area (Å²) in [4.78, 5) is 20.7. The van der Waals surface area contributed by atoms with Gasteiger partial charge in [0, 0.05) is 29.2 Å². The quantitative estimate of drug-likeness (QED) is 0.443. The van der Waals surface area contributed by atoms with Gasteiger partial charge in [0.05, 0.1) is 17.7 Å². The maximum Gasteiger partial charge on any atom is 0.252 e. The molecule has 2 aromatic heterocycles. The molecule has 0 aliphatic heterocycles. The van der Waals surface area contributed by atoms with Crippen LogP contribution < -0.4 is 26.8 Å². The second-order valence-electron chi connectivity index (χ2n) is 7.89. The summed E-state index contributed by atoms with van der Waals surface area (Å²) in [5.41, 5.74) is 13.0. The van der Waals surface area contributed by atoms with E-state index in [0.717, 1.165) is 42.7 Å². The number of aromatic nitrogens is 2. The Bertz CT molecular complexity index is 1140. The van der Waals surface area contributed by atoms with Gasteiger partial charge in [-0.3, -0.25) is 4.79 Å². The molecule has 1 unspecified atom stereocenters. The van der Waals surface area contributed by atoms with Crippen LogP contribution in [0.4, 0.5) is 21.7 Å². The first kappa shape index (κ1) is 21.8. The van der Waals surface area contributed by atoms with E-state index in [0.29, 0.717) is 18.2 Å². The number of pyridine rings is 2. The molecule has 3 aromatic rings. The topological polar surface area (TPSA) is 128 Å². The molecule has 0 radical (unpaired) electrons. The lowest BCUT2D eigenvalue weighted by Crippen LogP contribution is -2.43. The number of rotatable bonds is 7. The van der Waals surface area contributed by atoms with E-state index in [1.807, 2.05) is 25.1 Å². The highest BCUT2D eigenvalue weighted by Gasteiger charge is 2.24. The SMILES string of the molecule is CCOc1ccc2cc(Nc3nc(NC4CCCC[C@@H]4N)c(F)cc3C(N)=O)ccc2n1. The summed E-state index contributed by atoms with van der Waals surface area (Å²) in [5, 5.41) is 7.07. The average molecular weight is 439 g/mol. The first-order chi connectivity index (χ1) is 15.4. The molecule has 32 heavy (non-hydrogen) atoms. The Hall–Kier alpha value is -3.46. The molecule has 9 heteroatoms. The Labute approximate surface area is 185 Å². The normalized spacial score (nSPS) is 18.3. The average Bonchev–Trinajstić information content (AvgIpc) is 2.77. The van der Waals surface area contributed by atoms with Gasteiger partial charge in [0.1, 0.15) is 5.82 Å². The van der Waals surface area contributed by atoms with Crippen molar-refractivity contribution in [3.05, 3.63) is 47.8 Å². The van der Waals surface area contributed by atoms with E-state index >= 15 is 0 Å². The molecule has 0 spiro atoms. The monoisotopic (exact) mass is 438 g/mol. The first-order valence-electron chi connectivity index (χ1n) is 10.8. The van der Waals surface area contributed by atoms with Gasteiger partial charge in [-0.2, -0.15) is 0 Å². The molecule has 168 valence electrons. The third kappa shape index (κ3) is 4.72. The van der Waals surface area contributed by atoms with Crippen molar-refractivity contribution in [1.29, 1.82) is 0 Å². The van der Waals surface area contributed by atoms with Crippen molar-refractivity contribution < 1.29 is 13.9 Å². The Morgan fingerprint density at radius 3 is 2.72 bits per heavy atom. The van der Waals surface area contributed by atoms with E-state index in [1.54, 1.807) is 12.1 Å². The van der Waals surface area contributed by atoms with E-state index in [9.17, 15) is 9.18 Å². The van der Waals surface area contributed by atoms with Gasteiger partial charge in [-0.15, -0.1) is 0 Å². The fourth-order valence-electron chi connectivity index (χ4n) is 3.94. The van der Waals surface area contributed by atoms with Crippen LogP contribution in [0.3, 0.4) is 0 Å². The predicted octanol–water partition coefficient (Wildman–Crippen LogP) is 3.69. The summed E-state index contributed by atoms with van der Waals surface area (Å²) in [6.07, 6.45) is 3.79. The van der Waals surface area contributed by atoms with Crippen LogP contribution in [-0.4, -0.2) is 34.6 Å². The summed E-state index contributed by atoms with van der Waals surface area (Å²) >= 11 is 0. The van der Waals surface area contributed by atoms with Gasteiger partial charge in [0.15, 0.2) is 11.6 Å². The number of amides is 1. The maximum atomic E-state index is 14.7. The number of carbonyl (C=O) groups excluding carboxylic acids is 1. The summed E-state index contributed by atoms with van der Waals surface area (Å²) in [6.45, 7) is 2.43. The molecule has 8 nitrogen and oxygen atoms in total. The fraction of sp³-hybridized carbons (Fsp3) is 0.348. The highest BCUT2D eigenvalue weighted by Crippen LogP contribution is 2.28. The Morgan fingerprint density at radius 1 is 1.16 bits per heavy atom. The highest BCUT2D eigenvalue weighted by molar-refractivity contribution is 5.99. The number of nitrogens with one attached hydrogen (secondary N) is 2. The zero-order valence-electron chi connectivity index (χ0n) is 17.9. The number of halogens is 1. The van der Waals surface area contributed by atoms with E-state index in [4.69, 9.17) is 16.2 Å². The third-order valence-electron chi connectivity index (χ3n) is 5.60. The molecule has 1 aromatic carbocycles. The number of primary amides is 1. The van der Waals surface area contributed by atoms with Gasteiger partial charge in [0.25, 0.3) is 5.91 Å². The summed E-state index contributed by atoms with van der Waals surface area (Å²) in [5.74, 6) is -0.654. The molecule has 6 N–H and O–H groups in total. The molecule has 1 aliphatic rings. The zero-order chi connectivity index (χ0) is 22.7. The zero-order valence-corrected chi connectivity index (χ0v) is 17.9. The Balaban J connectivity index is 1.64. The maximum absolute atomic E-state index is 14.7. The number of hydrogen-bond acceptors (Lipinski definition) is 7. The van der Waals surface area contributed by atoms with Gasteiger partial charge in [0.2, 0.25) is 5.88 Å². The van der Waals surface area contributed by atoms with Crippen molar-refractivity contribution in [2.45, 2.75) is 44.7 Å². The molecule has 0 bridgehead atoms. The molecule has 2 atom stereocenters. The van der Waals surface area contributed by atoms with Gasteiger partial charge in [-0.1, -0.05) is 12.8 Å². The minimum absolute atomic E-state index is 0.0362. The number of benzene rings is 1. The number of hydrogen-bond donors (Lipinski definition) is 4. The van der Waals surface area contributed by atoms with E-state index in [2.05, 4.69) is 20.6 Å². The summed E-state index contributed by atoms with van der Waals surface area (Å²) < 4.78 is 20.1. The lowest BCUT2D eigenvalue weighted by Gasteiger charge is -2.30. The van der Waals surface area contributed by atoms with Crippen LogP contribution in [0, 0.1) is 5.82 Å². The lowest BCUT2D eigenvalue weighted by molar-refractivity contribution is 0.100. The molecule has 0 saturated heterocycles. The van der Waals surface area contributed by atoms with Crippen LogP contribution in [0.25, 0.3) is 10.9 Å². The van der Waals surface area contributed by atoms with Crippen LogP contribution in [0.15, 0.2) is 36.4 Å². The molecule has 4 rings (SSSR count).